The maximum absolute atomic E-state index is 12.1. The van der Waals surface area contributed by atoms with Gasteiger partial charge in [-0.15, -0.1) is 0 Å². The first-order valence-corrected chi connectivity index (χ1v) is 6.07. The summed E-state index contributed by atoms with van der Waals surface area (Å²) in [6.45, 7) is 15.6. The zero-order valence-electron chi connectivity index (χ0n) is 11.4. The Hall–Kier alpha value is -0.530. The molecular formula is C13H27NO. The van der Waals surface area contributed by atoms with E-state index in [1.54, 1.807) is 0 Å². The maximum Gasteiger partial charge on any atom is 0.225 e. The van der Waals surface area contributed by atoms with Gasteiger partial charge >= 0.3 is 0 Å². The van der Waals surface area contributed by atoms with E-state index in [0.29, 0.717) is 17.9 Å². The molecule has 1 unspecified atom stereocenters. The Kier molecular flexibility index (Phi) is 5.92. The van der Waals surface area contributed by atoms with E-state index in [1.807, 2.05) is 18.7 Å². The number of rotatable bonds is 5. The van der Waals surface area contributed by atoms with Crippen LogP contribution in [0.15, 0.2) is 0 Å². The van der Waals surface area contributed by atoms with Crippen molar-refractivity contribution in [3.05, 3.63) is 0 Å². The summed E-state index contributed by atoms with van der Waals surface area (Å²) in [4.78, 5) is 14.1. The molecule has 0 heterocycles. The molecule has 1 atom stereocenters. The Balaban J connectivity index is 4.64. The fourth-order valence-electron chi connectivity index (χ4n) is 1.54. The van der Waals surface area contributed by atoms with Gasteiger partial charge < -0.3 is 4.90 Å². The molecule has 0 aliphatic carbocycles. The summed E-state index contributed by atoms with van der Waals surface area (Å²) >= 11 is 0. The normalized spacial score (nSPS) is 13.7. The van der Waals surface area contributed by atoms with Crippen molar-refractivity contribution in [1.82, 2.24) is 4.90 Å². The standard InChI is InChI=1S/C13H27NO/c1-9(2)8-14(12(7)10(3)4)13(15)11(5)6/h9-12H,8H2,1-7H3. The Morgan fingerprint density at radius 2 is 1.47 bits per heavy atom. The number of hydrogen-bond donors (Lipinski definition) is 0. The molecule has 1 amide bonds. The average molecular weight is 213 g/mol. The Morgan fingerprint density at radius 1 is 1.00 bits per heavy atom. The Morgan fingerprint density at radius 3 is 1.73 bits per heavy atom. The van der Waals surface area contributed by atoms with E-state index in [1.165, 1.54) is 0 Å². The second-order valence-corrected chi connectivity index (χ2v) is 5.52. The predicted octanol–water partition coefficient (Wildman–Crippen LogP) is 3.17. The lowest BCUT2D eigenvalue weighted by molar-refractivity contribution is -0.138. The van der Waals surface area contributed by atoms with Crippen LogP contribution >= 0.6 is 0 Å². The summed E-state index contributed by atoms with van der Waals surface area (Å²) < 4.78 is 0. The van der Waals surface area contributed by atoms with E-state index in [-0.39, 0.29) is 11.8 Å². The SMILES string of the molecule is CC(C)CN(C(=O)C(C)C)C(C)C(C)C. The summed E-state index contributed by atoms with van der Waals surface area (Å²) in [6.07, 6.45) is 0. The second-order valence-electron chi connectivity index (χ2n) is 5.52. The molecule has 0 aliphatic rings. The molecule has 0 aromatic rings. The van der Waals surface area contributed by atoms with Crippen LogP contribution in [-0.2, 0) is 4.79 Å². The van der Waals surface area contributed by atoms with Crippen molar-refractivity contribution >= 4 is 5.91 Å². The third-order valence-electron chi connectivity index (χ3n) is 2.80. The Bertz CT molecular complexity index is 197. The van der Waals surface area contributed by atoms with Crippen LogP contribution in [0.1, 0.15) is 48.5 Å². The van der Waals surface area contributed by atoms with Crippen molar-refractivity contribution in [2.45, 2.75) is 54.5 Å². The van der Waals surface area contributed by atoms with Gasteiger partial charge in [0.25, 0.3) is 0 Å². The number of carbonyl (C=O) groups is 1. The number of hydrogen-bond acceptors (Lipinski definition) is 1. The van der Waals surface area contributed by atoms with Crippen molar-refractivity contribution in [3.8, 4) is 0 Å². The fourth-order valence-corrected chi connectivity index (χ4v) is 1.54. The van der Waals surface area contributed by atoms with Gasteiger partial charge in [0.2, 0.25) is 5.91 Å². The van der Waals surface area contributed by atoms with Crippen LogP contribution in [0.3, 0.4) is 0 Å². The van der Waals surface area contributed by atoms with Gasteiger partial charge in [-0.2, -0.15) is 0 Å². The van der Waals surface area contributed by atoms with Gasteiger partial charge in [-0.1, -0.05) is 41.5 Å². The van der Waals surface area contributed by atoms with Gasteiger partial charge in [-0.05, 0) is 18.8 Å². The van der Waals surface area contributed by atoms with Crippen molar-refractivity contribution < 1.29 is 4.79 Å². The lowest BCUT2D eigenvalue weighted by atomic mass is 10.0. The lowest BCUT2D eigenvalue weighted by Gasteiger charge is -2.34. The fraction of sp³-hybridized carbons (Fsp3) is 0.923. The molecule has 0 rings (SSSR count). The quantitative estimate of drug-likeness (QED) is 0.687. The molecule has 0 spiro atoms. The average Bonchev–Trinajstić information content (AvgIpc) is 2.11. The van der Waals surface area contributed by atoms with E-state index in [4.69, 9.17) is 0 Å². The highest BCUT2D eigenvalue weighted by Crippen LogP contribution is 2.15. The summed E-state index contributed by atoms with van der Waals surface area (Å²) in [5, 5.41) is 0. The molecule has 0 radical (unpaired) electrons. The van der Waals surface area contributed by atoms with Crippen molar-refractivity contribution in [3.63, 3.8) is 0 Å². The molecule has 0 N–H and O–H groups in total. The summed E-state index contributed by atoms with van der Waals surface area (Å²) in [7, 11) is 0. The first-order chi connectivity index (χ1) is 6.77. The van der Waals surface area contributed by atoms with Crippen LogP contribution < -0.4 is 0 Å². The molecule has 2 nitrogen and oxygen atoms in total. The van der Waals surface area contributed by atoms with E-state index in [0.717, 1.165) is 6.54 Å². The zero-order chi connectivity index (χ0) is 12.2. The smallest absolute Gasteiger partial charge is 0.225 e. The molecule has 0 saturated carbocycles. The van der Waals surface area contributed by atoms with Crippen molar-refractivity contribution in [2.24, 2.45) is 17.8 Å². The first kappa shape index (κ1) is 14.5. The molecule has 15 heavy (non-hydrogen) atoms. The third-order valence-corrected chi connectivity index (χ3v) is 2.80. The summed E-state index contributed by atoms with van der Waals surface area (Å²) in [6, 6.07) is 0.335. The topological polar surface area (TPSA) is 20.3 Å². The van der Waals surface area contributed by atoms with Crippen molar-refractivity contribution in [2.75, 3.05) is 6.54 Å². The minimum atomic E-state index is 0.102. The molecule has 0 fully saturated rings. The van der Waals surface area contributed by atoms with Crippen LogP contribution in [0.25, 0.3) is 0 Å². The van der Waals surface area contributed by atoms with Gasteiger partial charge in [0.05, 0.1) is 0 Å². The van der Waals surface area contributed by atoms with E-state index in [9.17, 15) is 4.79 Å². The first-order valence-electron chi connectivity index (χ1n) is 6.07. The lowest BCUT2D eigenvalue weighted by Crippen LogP contribution is -2.45. The number of nitrogens with zero attached hydrogens (tertiary/aromatic N) is 1. The largest absolute Gasteiger partial charge is 0.339 e. The molecule has 0 bridgehead atoms. The minimum absolute atomic E-state index is 0.102. The van der Waals surface area contributed by atoms with Crippen LogP contribution in [0.2, 0.25) is 0 Å². The molecule has 0 aromatic heterocycles. The molecule has 90 valence electrons. The molecule has 2 heteroatoms. The number of amides is 1. The minimum Gasteiger partial charge on any atom is -0.339 e. The molecular weight excluding hydrogens is 186 g/mol. The van der Waals surface area contributed by atoms with Gasteiger partial charge in [0, 0.05) is 18.5 Å². The molecule has 0 aromatic carbocycles. The molecule has 0 aliphatic heterocycles. The van der Waals surface area contributed by atoms with E-state index in [2.05, 4.69) is 34.6 Å². The Labute approximate surface area is 95.0 Å². The molecule has 0 saturated heterocycles. The van der Waals surface area contributed by atoms with Crippen LogP contribution in [-0.4, -0.2) is 23.4 Å². The van der Waals surface area contributed by atoms with Crippen molar-refractivity contribution in [1.29, 1.82) is 0 Å². The maximum atomic E-state index is 12.1. The van der Waals surface area contributed by atoms with Gasteiger partial charge in [0.1, 0.15) is 0 Å². The van der Waals surface area contributed by atoms with Crippen LogP contribution in [0.4, 0.5) is 0 Å². The van der Waals surface area contributed by atoms with Gasteiger partial charge in [-0.3, -0.25) is 4.79 Å². The predicted molar refractivity (Wildman–Crippen MR) is 65.7 cm³/mol. The highest BCUT2D eigenvalue weighted by molar-refractivity contribution is 5.78. The summed E-state index contributed by atoms with van der Waals surface area (Å²) in [5.74, 6) is 1.44. The zero-order valence-corrected chi connectivity index (χ0v) is 11.4. The summed E-state index contributed by atoms with van der Waals surface area (Å²) in [5.41, 5.74) is 0. The number of carbonyl (C=O) groups excluding carboxylic acids is 1. The van der Waals surface area contributed by atoms with Crippen LogP contribution in [0, 0.1) is 17.8 Å². The van der Waals surface area contributed by atoms with E-state index < -0.39 is 0 Å². The highest BCUT2D eigenvalue weighted by Gasteiger charge is 2.24. The van der Waals surface area contributed by atoms with Gasteiger partial charge in [-0.25, -0.2) is 0 Å². The second kappa shape index (κ2) is 6.14. The van der Waals surface area contributed by atoms with Crippen LogP contribution in [0.5, 0.6) is 0 Å². The third kappa shape index (κ3) is 4.67. The van der Waals surface area contributed by atoms with E-state index >= 15 is 0 Å². The highest BCUT2D eigenvalue weighted by atomic mass is 16.2. The monoisotopic (exact) mass is 213 g/mol. The van der Waals surface area contributed by atoms with Gasteiger partial charge in [0.15, 0.2) is 0 Å².